The Labute approximate surface area is 195 Å². The van der Waals surface area contributed by atoms with Crippen molar-refractivity contribution >= 4 is 10.9 Å². The number of aromatic nitrogens is 5. The number of aromatic amines is 1. The largest absolute Gasteiger partial charge is 0.396 e. The molecular formula is C25H36N6O2. The number of rotatable bonds is 9. The number of aryl methyl sites for hydroxylation is 1. The van der Waals surface area contributed by atoms with E-state index in [0.717, 1.165) is 35.1 Å². The summed E-state index contributed by atoms with van der Waals surface area (Å²) in [5, 5.41) is 23.5. The van der Waals surface area contributed by atoms with Gasteiger partial charge in [0, 0.05) is 30.8 Å². The lowest BCUT2D eigenvalue weighted by molar-refractivity contribution is 0.118. The van der Waals surface area contributed by atoms with Gasteiger partial charge < -0.3 is 10.1 Å². The zero-order chi connectivity index (χ0) is 23.4. The number of nitrogens with one attached hydrogen (secondary N) is 1. The molecule has 1 aliphatic rings. The SMILES string of the molecule is Cc1ccc2[nH]c(=O)c(CN(CCCO)C(c3nnnn3C3CCCCC3)C(C)C)cc2c1. The fraction of sp³-hybridized carbons (Fsp3) is 0.600. The second-order valence-corrected chi connectivity index (χ2v) is 9.72. The Morgan fingerprint density at radius 1 is 1.21 bits per heavy atom. The minimum atomic E-state index is -0.0743. The zero-order valence-corrected chi connectivity index (χ0v) is 20.0. The number of H-pyrrole nitrogens is 1. The summed E-state index contributed by atoms with van der Waals surface area (Å²) in [6.07, 6.45) is 6.51. The van der Waals surface area contributed by atoms with Crippen LogP contribution in [0.2, 0.25) is 0 Å². The number of pyridine rings is 1. The van der Waals surface area contributed by atoms with Crippen LogP contribution < -0.4 is 5.56 Å². The number of aliphatic hydroxyl groups is 1. The summed E-state index contributed by atoms with van der Waals surface area (Å²) >= 11 is 0. The summed E-state index contributed by atoms with van der Waals surface area (Å²) in [6, 6.07) is 8.32. The van der Waals surface area contributed by atoms with E-state index in [1.165, 1.54) is 19.3 Å². The van der Waals surface area contributed by atoms with Crippen LogP contribution in [0.15, 0.2) is 29.1 Å². The first-order valence-electron chi connectivity index (χ1n) is 12.2. The van der Waals surface area contributed by atoms with Crippen LogP contribution in [0.1, 0.15) is 81.4 Å². The topological polar surface area (TPSA) is 99.9 Å². The van der Waals surface area contributed by atoms with E-state index in [9.17, 15) is 9.90 Å². The predicted octanol–water partition coefficient (Wildman–Crippen LogP) is 3.91. The average molecular weight is 453 g/mol. The normalized spacial score (nSPS) is 16.2. The number of aliphatic hydroxyl groups excluding tert-OH is 1. The Balaban J connectivity index is 1.70. The van der Waals surface area contributed by atoms with Gasteiger partial charge in [-0.3, -0.25) is 9.69 Å². The minimum absolute atomic E-state index is 0.0546. The maximum Gasteiger partial charge on any atom is 0.252 e. The molecule has 1 aliphatic carbocycles. The maximum absolute atomic E-state index is 12.9. The molecule has 0 radical (unpaired) electrons. The molecule has 0 amide bonds. The average Bonchev–Trinajstić information content (AvgIpc) is 3.27. The van der Waals surface area contributed by atoms with Crippen molar-refractivity contribution in [1.29, 1.82) is 0 Å². The van der Waals surface area contributed by atoms with Crippen molar-refractivity contribution in [1.82, 2.24) is 30.1 Å². The van der Waals surface area contributed by atoms with Crippen LogP contribution >= 0.6 is 0 Å². The first kappa shape index (κ1) is 23.6. The van der Waals surface area contributed by atoms with Crippen LogP contribution in [0.3, 0.4) is 0 Å². The molecule has 0 saturated heterocycles. The van der Waals surface area contributed by atoms with Crippen LogP contribution in [0.4, 0.5) is 0 Å². The molecule has 1 saturated carbocycles. The highest BCUT2D eigenvalue weighted by atomic mass is 16.3. The highest BCUT2D eigenvalue weighted by Crippen LogP contribution is 2.34. The molecule has 8 nitrogen and oxygen atoms in total. The van der Waals surface area contributed by atoms with E-state index < -0.39 is 0 Å². The molecule has 178 valence electrons. The summed E-state index contributed by atoms with van der Waals surface area (Å²) < 4.78 is 2.03. The van der Waals surface area contributed by atoms with Gasteiger partial charge in [-0.25, -0.2) is 4.68 Å². The van der Waals surface area contributed by atoms with Crippen molar-refractivity contribution in [2.45, 2.75) is 77.9 Å². The Kier molecular flexibility index (Phi) is 7.55. The van der Waals surface area contributed by atoms with Gasteiger partial charge in [-0.15, -0.1) is 5.10 Å². The summed E-state index contributed by atoms with van der Waals surface area (Å²) in [5.41, 5.74) is 2.64. The third-order valence-corrected chi connectivity index (χ3v) is 6.78. The van der Waals surface area contributed by atoms with Crippen LogP contribution in [0, 0.1) is 12.8 Å². The van der Waals surface area contributed by atoms with Gasteiger partial charge in [-0.2, -0.15) is 0 Å². The van der Waals surface area contributed by atoms with E-state index in [2.05, 4.69) is 52.2 Å². The summed E-state index contributed by atoms with van der Waals surface area (Å²) in [6.45, 7) is 7.62. The van der Waals surface area contributed by atoms with Crippen molar-refractivity contribution in [2.24, 2.45) is 5.92 Å². The quantitative estimate of drug-likeness (QED) is 0.511. The molecule has 2 N–H and O–H groups in total. The number of benzene rings is 1. The Morgan fingerprint density at radius 3 is 2.73 bits per heavy atom. The van der Waals surface area contributed by atoms with Gasteiger partial charge in [0.1, 0.15) is 0 Å². The molecule has 33 heavy (non-hydrogen) atoms. The van der Waals surface area contributed by atoms with Crippen molar-refractivity contribution in [3.8, 4) is 0 Å². The number of hydrogen-bond donors (Lipinski definition) is 2. The second kappa shape index (κ2) is 10.6. The van der Waals surface area contributed by atoms with Gasteiger partial charge in [0.15, 0.2) is 5.82 Å². The lowest BCUT2D eigenvalue weighted by atomic mass is 9.94. The first-order chi connectivity index (χ1) is 16.0. The molecule has 1 aromatic carbocycles. The lowest BCUT2D eigenvalue weighted by Gasteiger charge is -2.34. The number of nitrogens with zero attached hydrogens (tertiary/aromatic N) is 5. The molecule has 1 atom stereocenters. The van der Waals surface area contributed by atoms with Gasteiger partial charge in [-0.05, 0) is 66.1 Å². The molecule has 4 rings (SSSR count). The number of fused-ring (bicyclic) bond motifs is 1. The molecule has 0 bridgehead atoms. The predicted molar refractivity (Wildman–Crippen MR) is 129 cm³/mol. The Hall–Kier alpha value is -2.58. The van der Waals surface area contributed by atoms with Crippen LogP contribution in [0.25, 0.3) is 10.9 Å². The van der Waals surface area contributed by atoms with Crippen molar-refractivity contribution in [2.75, 3.05) is 13.2 Å². The van der Waals surface area contributed by atoms with Crippen molar-refractivity contribution in [3.05, 3.63) is 51.6 Å². The molecule has 0 aliphatic heterocycles. The van der Waals surface area contributed by atoms with Gasteiger partial charge in [0.25, 0.3) is 5.56 Å². The fourth-order valence-corrected chi connectivity index (χ4v) is 5.16. The van der Waals surface area contributed by atoms with Crippen LogP contribution in [0.5, 0.6) is 0 Å². The van der Waals surface area contributed by atoms with E-state index in [4.69, 9.17) is 0 Å². The summed E-state index contributed by atoms with van der Waals surface area (Å²) in [7, 11) is 0. The summed E-state index contributed by atoms with van der Waals surface area (Å²) in [4.78, 5) is 18.2. The van der Waals surface area contributed by atoms with Crippen molar-refractivity contribution in [3.63, 3.8) is 0 Å². The van der Waals surface area contributed by atoms with Gasteiger partial charge in [0.2, 0.25) is 0 Å². The molecule has 0 spiro atoms. The van der Waals surface area contributed by atoms with E-state index in [0.29, 0.717) is 31.1 Å². The standard InChI is InChI=1S/C25H36N6O2/c1-17(2)23(24-27-28-29-31(24)21-8-5-4-6-9-21)30(12-7-13-32)16-20-15-19-14-18(3)10-11-22(19)26-25(20)33/h10-11,14-15,17,21,23,32H,4-9,12-13,16H2,1-3H3,(H,26,33). The number of hydrogen-bond acceptors (Lipinski definition) is 6. The lowest BCUT2D eigenvalue weighted by Crippen LogP contribution is -2.37. The molecule has 3 aromatic rings. The third-order valence-electron chi connectivity index (χ3n) is 6.78. The monoisotopic (exact) mass is 452 g/mol. The second-order valence-electron chi connectivity index (χ2n) is 9.72. The molecule has 1 fully saturated rings. The maximum atomic E-state index is 12.9. The Bertz CT molecular complexity index is 1120. The van der Waals surface area contributed by atoms with Gasteiger partial charge >= 0.3 is 0 Å². The van der Waals surface area contributed by atoms with E-state index in [1.54, 1.807) is 0 Å². The zero-order valence-electron chi connectivity index (χ0n) is 20.0. The molecule has 2 aromatic heterocycles. The minimum Gasteiger partial charge on any atom is -0.396 e. The first-order valence-corrected chi connectivity index (χ1v) is 12.2. The fourth-order valence-electron chi connectivity index (χ4n) is 5.16. The van der Waals surface area contributed by atoms with Gasteiger partial charge in [-0.1, -0.05) is 44.7 Å². The summed E-state index contributed by atoms with van der Waals surface area (Å²) in [5.74, 6) is 1.10. The number of tetrazole rings is 1. The van der Waals surface area contributed by atoms with Crippen molar-refractivity contribution < 1.29 is 5.11 Å². The van der Waals surface area contributed by atoms with Gasteiger partial charge in [0.05, 0.1) is 12.1 Å². The molecule has 1 unspecified atom stereocenters. The highest BCUT2D eigenvalue weighted by molar-refractivity contribution is 5.79. The third kappa shape index (κ3) is 5.33. The molecule has 8 heteroatoms. The highest BCUT2D eigenvalue weighted by Gasteiger charge is 2.32. The molecular weight excluding hydrogens is 416 g/mol. The van der Waals surface area contributed by atoms with E-state index >= 15 is 0 Å². The van der Waals surface area contributed by atoms with E-state index in [1.807, 2.05) is 22.9 Å². The Morgan fingerprint density at radius 2 is 2.00 bits per heavy atom. The molecule has 2 heterocycles. The van der Waals surface area contributed by atoms with Crippen LogP contribution in [-0.2, 0) is 6.54 Å². The van der Waals surface area contributed by atoms with E-state index in [-0.39, 0.29) is 24.1 Å². The van der Waals surface area contributed by atoms with Crippen LogP contribution in [-0.4, -0.2) is 48.3 Å². The smallest absolute Gasteiger partial charge is 0.252 e.